The Morgan fingerprint density at radius 2 is 2.15 bits per heavy atom. The van der Waals surface area contributed by atoms with Crippen molar-refractivity contribution in [3.8, 4) is 0 Å². The SMILES string of the molecule is CC[C@H]1CN(C(=O)c2cc3c(C)nn(Cc4ccc(F)cc4)c3s2)CCO1. The van der Waals surface area contributed by atoms with Crippen LogP contribution in [-0.4, -0.2) is 46.4 Å². The van der Waals surface area contributed by atoms with Crippen molar-refractivity contribution in [3.63, 3.8) is 0 Å². The topological polar surface area (TPSA) is 47.4 Å². The Hall–Kier alpha value is -2.25. The fourth-order valence-electron chi connectivity index (χ4n) is 3.39. The molecule has 1 fully saturated rings. The van der Waals surface area contributed by atoms with Crippen molar-refractivity contribution < 1.29 is 13.9 Å². The maximum atomic E-state index is 13.1. The van der Waals surface area contributed by atoms with Gasteiger partial charge in [-0.2, -0.15) is 5.10 Å². The molecule has 0 saturated carbocycles. The first kappa shape index (κ1) is 18.1. The second kappa shape index (κ2) is 7.40. The molecule has 1 atom stereocenters. The maximum absolute atomic E-state index is 13.1. The summed E-state index contributed by atoms with van der Waals surface area (Å²) in [5, 5.41) is 5.60. The number of amides is 1. The number of thiophene rings is 1. The molecule has 3 heterocycles. The molecule has 0 N–H and O–H groups in total. The molecular formula is C20H22FN3O2S. The first-order valence-corrected chi connectivity index (χ1v) is 9.99. The molecule has 0 unspecified atom stereocenters. The largest absolute Gasteiger partial charge is 0.375 e. The monoisotopic (exact) mass is 387 g/mol. The number of carbonyl (C=O) groups excluding carboxylic acids is 1. The summed E-state index contributed by atoms with van der Waals surface area (Å²) >= 11 is 1.47. The van der Waals surface area contributed by atoms with E-state index in [1.807, 2.05) is 22.6 Å². The Bertz CT molecular complexity index is 964. The van der Waals surface area contributed by atoms with E-state index in [4.69, 9.17) is 4.74 Å². The zero-order chi connectivity index (χ0) is 19.0. The Morgan fingerprint density at radius 3 is 2.89 bits per heavy atom. The molecule has 1 aliphatic heterocycles. The van der Waals surface area contributed by atoms with Gasteiger partial charge in [0.1, 0.15) is 10.6 Å². The summed E-state index contributed by atoms with van der Waals surface area (Å²) < 4.78 is 20.7. The van der Waals surface area contributed by atoms with Crippen molar-refractivity contribution >= 4 is 27.5 Å². The number of hydrogen-bond acceptors (Lipinski definition) is 4. The maximum Gasteiger partial charge on any atom is 0.264 e. The third-order valence-corrected chi connectivity index (χ3v) is 6.08. The molecule has 1 aromatic carbocycles. The molecule has 3 aromatic rings. The van der Waals surface area contributed by atoms with Gasteiger partial charge in [-0.15, -0.1) is 11.3 Å². The summed E-state index contributed by atoms with van der Waals surface area (Å²) in [6.07, 6.45) is 1.02. The molecule has 142 valence electrons. The van der Waals surface area contributed by atoms with Gasteiger partial charge < -0.3 is 9.64 Å². The van der Waals surface area contributed by atoms with E-state index in [9.17, 15) is 9.18 Å². The van der Waals surface area contributed by atoms with Crippen molar-refractivity contribution in [2.75, 3.05) is 19.7 Å². The quantitative estimate of drug-likeness (QED) is 0.683. The number of benzene rings is 1. The molecule has 7 heteroatoms. The molecule has 0 spiro atoms. The summed E-state index contributed by atoms with van der Waals surface area (Å²) in [5.74, 6) is -0.189. The van der Waals surface area contributed by atoms with Gasteiger partial charge in [0.25, 0.3) is 5.91 Å². The molecule has 1 saturated heterocycles. The normalized spacial score (nSPS) is 17.6. The van der Waals surface area contributed by atoms with Gasteiger partial charge >= 0.3 is 0 Å². The highest BCUT2D eigenvalue weighted by molar-refractivity contribution is 7.20. The van der Waals surface area contributed by atoms with Crippen LogP contribution in [0.1, 0.15) is 34.3 Å². The van der Waals surface area contributed by atoms with Gasteiger partial charge in [-0.05, 0) is 37.1 Å². The number of ether oxygens (including phenoxy) is 1. The number of carbonyl (C=O) groups is 1. The number of rotatable bonds is 4. The highest BCUT2D eigenvalue weighted by Gasteiger charge is 2.26. The minimum Gasteiger partial charge on any atom is -0.375 e. The van der Waals surface area contributed by atoms with E-state index in [0.29, 0.717) is 26.2 Å². The van der Waals surface area contributed by atoms with Crippen LogP contribution in [0, 0.1) is 12.7 Å². The number of aromatic nitrogens is 2. The Balaban J connectivity index is 1.60. The van der Waals surface area contributed by atoms with Crippen LogP contribution in [0.25, 0.3) is 10.2 Å². The van der Waals surface area contributed by atoms with Crippen LogP contribution >= 0.6 is 11.3 Å². The first-order valence-electron chi connectivity index (χ1n) is 9.17. The van der Waals surface area contributed by atoms with Crippen LogP contribution in [-0.2, 0) is 11.3 Å². The standard InChI is InChI=1S/C20H22FN3O2S/c1-3-16-12-23(8-9-26-16)19(25)18-10-17-13(2)22-24(20(17)27-18)11-14-4-6-15(21)7-5-14/h4-7,10,16H,3,8-9,11-12H2,1-2H3/t16-/m0/s1. The number of nitrogens with zero attached hydrogens (tertiary/aromatic N) is 3. The van der Waals surface area contributed by atoms with Crippen molar-refractivity contribution in [1.29, 1.82) is 0 Å². The van der Waals surface area contributed by atoms with E-state index >= 15 is 0 Å². The lowest BCUT2D eigenvalue weighted by molar-refractivity contribution is -0.0224. The van der Waals surface area contributed by atoms with Gasteiger partial charge in [-0.1, -0.05) is 19.1 Å². The van der Waals surface area contributed by atoms with E-state index < -0.39 is 0 Å². The molecule has 5 nitrogen and oxygen atoms in total. The van der Waals surface area contributed by atoms with Gasteiger partial charge in [0, 0.05) is 18.5 Å². The predicted molar refractivity (Wildman–Crippen MR) is 104 cm³/mol. The highest BCUT2D eigenvalue weighted by Crippen LogP contribution is 2.30. The van der Waals surface area contributed by atoms with Gasteiger partial charge in [-0.3, -0.25) is 9.48 Å². The van der Waals surface area contributed by atoms with Crippen LogP contribution in [0.5, 0.6) is 0 Å². The highest BCUT2D eigenvalue weighted by atomic mass is 32.1. The second-order valence-electron chi connectivity index (χ2n) is 6.85. The van der Waals surface area contributed by atoms with E-state index in [-0.39, 0.29) is 17.8 Å². The second-order valence-corrected chi connectivity index (χ2v) is 7.88. The lowest BCUT2D eigenvalue weighted by Gasteiger charge is -2.32. The molecule has 0 radical (unpaired) electrons. The molecule has 1 aliphatic rings. The smallest absolute Gasteiger partial charge is 0.264 e. The van der Waals surface area contributed by atoms with Crippen molar-refractivity contribution in [3.05, 3.63) is 52.3 Å². The molecule has 0 aliphatic carbocycles. The van der Waals surface area contributed by atoms with Crippen LogP contribution < -0.4 is 0 Å². The Kier molecular flexibility index (Phi) is 4.97. The van der Waals surface area contributed by atoms with Crippen LogP contribution in [0.2, 0.25) is 0 Å². The summed E-state index contributed by atoms with van der Waals surface area (Å²) in [7, 11) is 0. The Labute approximate surface area is 161 Å². The van der Waals surface area contributed by atoms with Crippen LogP contribution in [0.15, 0.2) is 30.3 Å². The number of hydrogen-bond donors (Lipinski definition) is 0. The van der Waals surface area contributed by atoms with E-state index in [1.165, 1.54) is 23.5 Å². The van der Waals surface area contributed by atoms with Crippen molar-refractivity contribution in [1.82, 2.24) is 14.7 Å². The average molecular weight is 387 g/mol. The molecule has 1 amide bonds. The van der Waals surface area contributed by atoms with Crippen molar-refractivity contribution in [2.24, 2.45) is 0 Å². The molecular weight excluding hydrogens is 365 g/mol. The number of aryl methyl sites for hydroxylation is 1. The summed E-state index contributed by atoms with van der Waals surface area (Å²) in [5.41, 5.74) is 1.87. The molecule has 27 heavy (non-hydrogen) atoms. The molecule has 2 aromatic heterocycles. The summed E-state index contributed by atoms with van der Waals surface area (Å²) in [6.45, 7) is 6.44. The van der Waals surface area contributed by atoms with E-state index in [2.05, 4.69) is 12.0 Å². The van der Waals surface area contributed by atoms with Gasteiger partial charge in [-0.25, -0.2) is 4.39 Å². The number of morpholine rings is 1. The number of fused-ring (bicyclic) bond motifs is 1. The van der Waals surface area contributed by atoms with Gasteiger partial charge in [0.05, 0.1) is 29.8 Å². The Morgan fingerprint density at radius 1 is 1.37 bits per heavy atom. The van der Waals surface area contributed by atoms with E-state index in [0.717, 1.165) is 32.8 Å². The first-order chi connectivity index (χ1) is 13.0. The minimum atomic E-state index is -0.250. The van der Waals surface area contributed by atoms with Gasteiger partial charge in [0.15, 0.2) is 0 Å². The lowest BCUT2D eigenvalue weighted by atomic mass is 10.2. The van der Waals surface area contributed by atoms with Crippen LogP contribution in [0.3, 0.4) is 0 Å². The zero-order valence-corrected chi connectivity index (χ0v) is 16.3. The fraction of sp³-hybridized carbons (Fsp3) is 0.400. The van der Waals surface area contributed by atoms with Gasteiger partial charge in [0.2, 0.25) is 0 Å². The van der Waals surface area contributed by atoms with Crippen molar-refractivity contribution in [2.45, 2.75) is 32.9 Å². The average Bonchev–Trinajstić information content (AvgIpc) is 3.24. The molecule has 0 bridgehead atoms. The number of halogens is 1. The third-order valence-electron chi connectivity index (χ3n) is 4.95. The molecule has 4 rings (SSSR count). The zero-order valence-electron chi connectivity index (χ0n) is 15.4. The minimum absolute atomic E-state index is 0.0608. The third kappa shape index (κ3) is 3.61. The summed E-state index contributed by atoms with van der Waals surface area (Å²) in [6, 6.07) is 8.37. The van der Waals surface area contributed by atoms with E-state index in [1.54, 1.807) is 12.1 Å². The van der Waals surface area contributed by atoms with Crippen LogP contribution in [0.4, 0.5) is 4.39 Å². The lowest BCUT2D eigenvalue weighted by Crippen LogP contribution is -2.45. The fourth-order valence-corrected chi connectivity index (χ4v) is 4.52. The summed E-state index contributed by atoms with van der Waals surface area (Å²) in [4.78, 5) is 16.5. The predicted octanol–water partition coefficient (Wildman–Crippen LogP) is 3.84.